The first-order valence-electron chi connectivity index (χ1n) is 10.8. The van der Waals surface area contributed by atoms with Crippen LogP contribution in [-0.2, 0) is 19.1 Å². The number of imidazole rings is 1. The van der Waals surface area contributed by atoms with Gasteiger partial charge in [-0.3, -0.25) is 14.2 Å². The topological polar surface area (TPSA) is 96.2 Å². The number of fused-ring (bicyclic) bond motifs is 1. The van der Waals surface area contributed by atoms with Gasteiger partial charge in [0.2, 0.25) is 0 Å². The average Bonchev–Trinajstić information content (AvgIpc) is 3.51. The summed E-state index contributed by atoms with van der Waals surface area (Å²) in [5.74, 6) is 6.76. The molecule has 0 unspecified atom stereocenters. The van der Waals surface area contributed by atoms with Crippen LogP contribution in [0.5, 0.6) is 0 Å². The van der Waals surface area contributed by atoms with E-state index in [1.54, 1.807) is 0 Å². The first kappa shape index (κ1) is 24.5. The lowest BCUT2D eigenvalue weighted by Gasteiger charge is -2.24. The molecule has 8 nitrogen and oxygen atoms in total. The number of esters is 2. The van der Waals surface area contributed by atoms with Crippen LogP contribution in [0.1, 0.15) is 51.2 Å². The Hall–Kier alpha value is -2.61. The molecule has 0 bridgehead atoms. The molecule has 0 aliphatic carbocycles. The number of unbranched alkanes of at least 4 members (excludes halogenated alkanes) is 2. The third-order valence-electron chi connectivity index (χ3n) is 5.05. The lowest BCUT2D eigenvalue weighted by Crippen LogP contribution is -2.36. The molecule has 34 heavy (non-hydrogen) atoms. The van der Waals surface area contributed by atoms with E-state index < -0.39 is 29.5 Å². The van der Waals surface area contributed by atoms with Crippen molar-refractivity contribution in [1.29, 1.82) is 0 Å². The fourth-order valence-corrected chi connectivity index (χ4v) is 5.90. The van der Waals surface area contributed by atoms with Crippen LogP contribution in [0.15, 0.2) is 17.5 Å². The van der Waals surface area contributed by atoms with Gasteiger partial charge in [0.1, 0.15) is 10.9 Å². The molecular weight excluding hydrogens is 496 g/mol. The molecule has 0 radical (unpaired) electrons. The second kappa shape index (κ2) is 10.8. The number of carbonyl (C=O) groups excluding carboxylic acids is 2. The summed E-state index contributed by atoms with van der Waals surface area (Å²) >= 11 is 9.52. The minimum atomic E-state index is -0.737. The second-order valence-electron chi connectivity index (χ2n) is 7.64. The van der Waals surface area contributed by atoms with Crippen molar-refractivity contribution in [2.75, 3.05) is 5.75 Å². The van der Waals surface area contributed by atoms with Gasteiger partial charge in [-0.15, -0.1) is 23.1 Å². The number of hydrogen-bond donors (Lipinski definition) is 0. The summed E-state index contributed by atoms with van der Waals surface area (Å²) in [5, 5.41) is 1.69. The van der Waals surface area contributed by atoms with Crippen molar-refractivity contribution in [3.8, 4) is 22.5 Å². The predicted molar refractivity (Wildman–Crippen MR) is 133 cm³/mol. The van der Waals surface area contributed by atoms with E-state index in [4.69, 9.17) is 26.1 Å². The molecule has 4 heterocycles. The van der Waals surface area contributed by atoms with Gasteiger partial charge in [0.15, 0.2) is 34.7 Å². The van der Waals surface area contributed by atoms with Crippen molar-refractivity contribution in [2.24, 2.45) is 0 Å². The van der Waals surface area contributed by atoms with E-state index in [1.807, 2.05) is 22.1 Å². The lowest BCUT2D eigenvalue weighted by molar-refractivity contribution is -0.163. The molecule has 4 rings (SSSR count). The first-order valence-corrected chi connectivity index (χ1v) is 13.1. The number of rotatable bonds is 6. The van der Waals surface area contributed by atoms with Gasteiger partial charge in [-0.05, 0) is 23.8 Å². The molecule has 1 aliphatic heterocycles. The van der Waals surface area contributed by atoms with Gasteiger partial charge >= 0.3 is 11.9 Å². The second-order valence-corrected chi connectivity index (χ2v) is 10.1. The average molecular weight is 519 g/mol. The maximum atomic E-state index is 11.9. The number of thioether (sulfide) groups is 1. The summed E-state index contributed by atoms with van der Waals surface area (Å²) < 4.78 is 12.9. The Morgan fingerprint density at radius 2 is 2.03 bits per heavy atom. The first-order chi connectivity index (χ1) is 16.4. The molecule has 0 saturated carbocycles. The molecule has 11 heteroatoms. The number of aromatic nitrogens is 4. The fraction of sp³-hybridized carbons (Fsp3) is 0.435. The van der Waals surface area contributed by atoms with Crippen LogP contribution in [0.4, 0.5) is 0 Å². The Labute approximate surface area is 210 Å². The molecule has 3 aromatic rings. The van der Waals surface area contributed by atoms with Gasteiger partial charge in [0.25, 0.3) is 0 Å². The highest BCUT2D eigenvalue weighted by molar-refractivity contribution is 7.99. The number of thiophene rings is 1. The summed E-state index contributed by atoms with van der Waals surface area (Å²) in [5.41, 5.74) is 0.904. The van der Waals surface area contributed by atoms with Crippen molar-refractivity contribution in [3.05, 3.63) is 28.5 Å². The van der Waals surface area contributed by atoms with Crippen LogP contribution >= 0.6 is 34.7 Å². The van der Waals surface area contributed by atoms with Gasteiger partial charge in [-0.2, -0.15) is 0 Å². The molecule has 1 fully saturated rings. The third-order valence-corrected chi connectivity index (χ3v) is 7.52. The normalized spacial score (nSPS) is 19.6. The molecule has 0 spiro atoms. The summed E-state index contributed by atoms with van der Waals surface area (Å²) in [6, 6.07) is 3.83. The van der Waals surface area contributed by atoms with Crippen molar-refractivity contribution >= 4 is 57.8 Å². The Balaban J connectivity index is 1.87. The van der Waals surface area contributed by atoms with Gasteiger partial charge in [0.05, 0.1) is 4.88 Å². The highest BCUT2D eigenvalue weighted by Gasteiger charge is 2.44. The maximum Gasteiger partial charge on any atom is 0.303 e. The molecule has 178 valence electrons. The van der Waals surface area contributed by atoms with Gasteiger partial charge in [-0.1, -0.05) is 36.9 Å². The Morgan fingerprint density at radius 1 is 1.24 bits per heavy atom. The largest absolute Gasteiger partial charge is 0.458 e. The maximum absolute atomic E-state index is 11.9. The number of carbonyl (C=O) groups is 2. The number of ether oxygens (including phenoxy) is 2. The van der Waals surface area contributed by atoms with E-state index in [0.717, 1.165) is 24.1 Å². The minimum absolute atomic E-state index is 0.215. The van der Waals surface area contributed by atoms with Crippen LogP contribution < -0.4 is 0 Å². The predicted octanol–water partition coefficient (Wildman–Crippen LogP) is 4.86. The molecule has 0 aromatic carbocycles. The van der Waals surface area contributed by atoms with Crippen molar-refractivity contribution < 1.29 is 19.1 Å². The fourth-order valence-electron chi connectivity index (χ4n) is 3.62. The number of hydrogen-bond acceptors (Lipinski definition) is 9. The third kappa shape index (κ3) is 5.22. The highest BCUT2D eigenvalue weighted by atomic mass is 35.5. The van der Waals surface area contributed by atoms with Gasteiger partial charge in [-0.25, -0.2) is 15.0 Å². The molecule has 0 amide bonds. The standard InChI is InChI=1S/C23H23ClN4O4S2/c1-4-5-6-7-10-17-25-18-20(24)26-21(16-9-8-11-33-16)27-22(18)28(17)23-19(32-14(3)30)15(12-34-23)31-13(2)29/h8-9,11,15,19,23H,4-6,12H2,1-3H3/t15-,19-,23-/m1/s1. The van der Waals surface area contributed by atoms with E-state index in [1.165, 1.54) is 36.9 Å². The Bertz CT molecular complexity index is 1270. The zero-order chi connectivity index (χ0) is 24.2. The summed E-state index contributed by atoms with van der Waals surface area (Å²) in [7, 11) is 0. The van der Waals surface area contributed by atoms with Crippen molar-refractivity contribution in [2.45, 2.75) is 57.6 Å². The monoisotopic (exact) mass is 518 g/mol. The van der Waals surface area contributed by atoms with Crippen LogP contribution in [0.3, 0.4) is 0 Å². The molecule has 1 aliphatic rings. The van der Waals surface area contributed by atoms with Crippen LogP contribution in [0, 0.1) is 11.8 Å². The SMILES string of the molecule is CCCCC#Cc1nc2c(Cl)nc(-c3cccs3)nc2n1[C@@H]1SC[C@@H](OC(C)=O)[C@H]1OC(C)=O. The van der Waals surface area contributed by atoms with Gasteiger partial charge in [0, 0.05) is 26.0 Å². The smallest absolute Gasteiger partial charge is 0.303 e. The van der Waals surface area contributed by atoms with Crippen LogP contribution in [0.25, 0.3) is 21.9 Å². The number of nitrogens with zero attached hydrogens (tertiary/aromatic N) is 4. The summed E-state index contributed by atoms with van der Waals surface area (Å²) in [4.78, 5) is 38.3. The zero-order valence-electron chi connectivity index (χ0n) is 18.9. The number of halogens is 1. The lowest BCUT2D eigenvalue weighted by atomic mass is 10.2. The molecular formula is C23H23ClN4O4S2. The minimum Gasteiger partial charge on any atom is -0.458 e. The van der Waals surface area contributed by atoms with E-state index in [2.05, 4.69) is 28.7 Å². The Morgan fingerprint density at radius 3 is 2.71 bits per heavy atom. The van der Waals surface area contributed by atoms with Crippen molar-refractivity contribution in [3.63, 3.8) is 0 Å². The molecule has 1 saturated heterocycles. The summed E-state index contributed by atoms with van der Waals surface area (Å²) in [6.45, 7) is 4.77. The summed E-state index contributed by atoms with van der Waals surface area (Å²) in [6.07, 6.45) is 1.38. The molecule has 0 N–H and O–H groups in total. The van der Waals surface area contributed by atoms with Crippen molar-refractivity contribution in [1.82, 2.24) is 19.5 Å². The quantitative estimate of drug-likeness (QED) is 0.197. The van der Waals surface area contributed by atoms with E-state index >= 15 is 0 Å². The zero-order valence-corrected chi connectivity index (χ0v) is 21.3. The van der Waals surface area contributed by atoms with Crippen LogP contribution in [0.2, 0.25) is 5.15 Å². The van der Waals surface area contributed by atoms with E-state index in [0.29, 0.717) is 28.6 Å². The van der Waals surface area contributed by atoms with Crippen LogP contribution in [-0.4, -0.2) is 49.4 Å². The van der Waals surface area contributed by atoms with E-state index in [-0.39, 0.29) is 5.15 Å². The Kier molecular flexibility index (Phi) is 7.76. The highest BCUT2D eigenvalue weighted by Crippen LogP contribution is 2.43. The van der Waals surface area contributed by atoms with E-state index in [9.17, 15) is 9.59 Å². The molecule has 3 atom stereocenters. The van der Waals surface area contributed by atoms with Gasteiger partial charge < -0.3 is 9.47 Å². The molecule has 3 aromatic heterocycles.